The fourth-order valence-corrected chi connectivity index (χ4v) is 3.79. The highest BCUT2D eigenvalue weighted by molar-refractivity contribution is 5.82. The first-order chi connectivity index (χ1) is 10.0. The molecule has 2 amide bonds. The van der Waals surface area contributed by atoms with Gasteiger partial charge in [0.05, 0.1) is 0 Å². The zero-order chi connectivity index (χ0) is 15.4. The number of hydrogen-bond acceptors (Lipinski definition) is 3. The molecule has 2 fully saturated rings. The Kier molecular flexibility index (Phi) is 5.45. The normalized spacial score (nSPS) is 28.4. The van der Waals surface area contributed by atoms with Crippen LogP contribution in [0.2, 0.25) is 0 Å². The zero-order valence-corrected chi connectivity index (χ0v) is 12.9. The lowest BCUT2D eigenvalue weighted by molar-refractivity contribution is -0.139. The van der Waals surface area contributed by atoms with Crippen LogP contribution in [0.4, 0.5) is 4.79 Å². The summed E-state index contributed by atoms with van der Waals surface area (Å²) in [6.07, 6.45) is 5.44. The van der Waals surface area contributed by atoms with Crippen molar-refractivity contribution in [3.8, 4) is 0 Å². The number of ether oxygens (including phenoxy) is 1. The summed E-state index contributed by atoms with van der Waals surface area (Å²) in [6, 6.07) is -1.19. The van der Waals surface area contributed by atoms with Crippen LogP contribution in [0.3, 0.4) is 0 Å². The molecule has 6 nitrogen and oxygen atoms in total. The van der Waals surface area contributed by atoms with Gasteiger partial charge in [-0.3, -0.25) is 0 Å². The third-order valence-electron chi connectivity index (χ3n) is 4.95. The number of aliphatic carboxylic acids is 1. The van der Waals surface area contributed by atoms with Crippen molar-refractivity contribution in [1.29, 1.82) is 0 Å². The molecular weight excluding hydrogens is 272 g/mol. The van der Waals surface area contributed by atoms with Gasteiger partial charge in [0, 0.05) is 33.7 Å². The van der Waals surface area contributed by atoms with E-state index in [1.54, 1.807) is 11.9 Å². The van der Waals surface area contributed by atoms with Gasteiger partial charge in [-0.25, -0.2) is 9.59 Å². The minimum atomic E-state index is -1.02. The first-order valence-corrected chi connectivity index (χ1v) is 7.74. The van der Waals surface area contributed by atoms with E-state index < -0.39 is 12.0 Å². The molecule has 2 rings (SSSR count). The smallest absolute Gasteiger partial charge is 0.326 e. The summed E-state index contributed by atoms with van der Waals surface area (Å²) in [7, 11) is 3.26. The van der Waals surface area contributed by atoms with Crippen molar-refractivity contribution in [2.24, 2.45) is 17.8 Å². The van der Waals surface area contributed by atoms with E-state index in [1.807, 2.05) is 0 Å². The van der Waals surface area contributed by atoms with Crippen LogP contribution in [0.15, 0.2) is 0 Å². The van der Waals surface area contributed by atoms with Crippen molar-refractivity contribution in [2.45, 2.75) is 38.1 Å². The predicted octanol–water partition coefficient (Wildman–Crippen LogP) is 1.55. The van der Waals surface area contributed by atoms with Crippen LogP contribution in [-0.4, -0.2) is 55.4 Å². The monoisotopic (exact) mass is 298 g/mol. The van der Waals surface area contributed by atoms with Gasteiger partial charge < -0.3 is 20.1 Å². The minimum Gasteiger partial charge on any atom is -0.480 e. The summed E-state index contributed by atoms with van der Waals surface area (Å²) in [5, 5.41) is 11.7. The van der Waals surface area contributed by atoms with Crippen molar-refractivity contribution in [3.05, 3.63) is 0 Å². The van der Waals surface area contributed by atoms with Gasteiger partial charge in [0.25, 0.3) is 0 Å². The number of nitrogens with one attached hydrogen (secondary N) is 1. The lowest BCUT2D eigenvalue weighted by atomic mass is 9.88. The lowest BCUT2D eigenvalue weighted by Crippen LogP contribution is -2.48. The number of urea groups is 1. The number of carbonyl (C=O) groups excluding carboxylic acids is 1. The van der Waals surface area contributed by atoms with Gasteiger partial charge in [-0.1, -0.05) is 6.42 Å². The van der Waals surface area contributed by atoms with Gasteiger partial charge in [-0.15, -0.1) is 0 Å². The largest absolute Gasteiger partial charge is 0.480 e. The van der Waals surface area contributed by atoms with E-state index in [4.69, 9.17) is 9.84 Å². The molecule has 0 heterocycles. The van der Waals surface area contributed by atoms with Crippen molar-refractivity contribution in [2.75, 3.05) is 27.3 Å². The van der Waals surface area contributed by atoms with E-state index in [9.17, 15) is 9.59 Å². The van der Waals surface area contributed by atoms with Gasteiger partial charge in [0.1, 0.15) is 6.04 Å². The van der Waals surface area contributed by atoms with Crippen molar-refractivity contribution >= 4 is 12.0 Å². The maximum atomic E-state index is 12.1. The molecule has 4 atom stereocenters. The Morgan fingerprint density at radius 2 is 2.14 bits per heavy atom. The van der Waals surface area contributed by atoms with Crippen LogP contribution in [0.5, 0.6) is 0 Å². The summed E-state index contributed by atoms with van der Waals surface area (Å²) in [5.74, 6) is 1.18. The molecule has 6 heteroatoms. The highest BCUT2D eigenvalue weighted by Crippen LogP contribution is 2.48. The van der Waals surface area contributed by atoms with Gasteiger partial charge >= 0.3 is 12.0 Å². The first-order valence-electron chi connectivity index (χ1n) is 7.74. The Balaban J connectivity index is 1.79. The second-order valence-corrected chi connectivity index (χ2v) is 6.44. The molecule has 4 unspecified atom stereocenters. The Morgan fingerprint density at radius 1 is 1.38 bits per heavy atom. The molecule has 2 saturated carbocycles. The van der Waals surface area contributed by atoms with Gasteiger partial charge in [0.15, 0.2) is 0 Å². The molecule has 2 aliphatic carbocycles. The van der Waals surface area contributed by atoms with Crippen LogP contribution in [0.25, 0.3) is 0 Å². The molecule has 0 aromatic heterocycles. The zero-order valence-electron chi connectivity index (χ0n) is 12.9. The molecular formula is C15H26N2O4. The molecule has 0 aliphatic heterocycles. The summed E-state index contributed by atoms with van der Waals surface area (Å²) in [6.45, 7) is 1.04. The van der Waals surface area contributed by atoms with Gasteiger partial charge in [0.2, 0.25) is 0 Å². The summed E-state index contributed by atoms with van der Waals surface area (Å²) < 4.78 is 4.88. The highest BCUT2D eigenvalue weighted by atomic mass is 16.5. The average Bonchev–Trinajstić information content (AvgIpc) is 3.05. The molecule has 2 bridgehead atoms. The second-order valence-electron chi connectivity index (χ2n) is 6.44. The number of carboxylic acids is 1. The van der Waals surface area contributed by atoms with E-state index >= 15 is 0 Å². The van der Waals surface area contributed by atoms with Gasteiger partial charge in [-0.05, 0) is 37.0 Å². The number of nitrogens with zero attached hydrogens (tertiary/aromatic N) is 1. The summed E-state index contributed by atoms with van der Waals surface area (Å²) in [5.41, 5.74) is 0. The molecule has 0 spiro atoms. The number of rotatable bonds is 7. The van der Waals surface area contributed by atoms with Crippen LogP contribution in [-0.2, 0) is 9.53 Å². The third kappa shape index (κ3) is 4.09. The molecule has 0 aromatic carbocycles. The topological polar surface area (TPSA) is 78.9 Å². The molecule has 120 valence electrons. The van der Waals surface area contributed by atoms with Crippen LogP contribution < -0.4 is 5.32 Å². The number of methoxy groups -OCH3 is 1. The van der Waals surface area contributed by atoms with Gasteiger partial charge in [-0.2, -0.15) is 0 Å². The van der Waals surface area contributed by atoms with Crippen molar-refractivity contribution in [3.63, 3.8) is 0 Å². The first kappa shape index (κ1) is 16.1. The highest BCUT2D eigenvalue weighted by Gasteiger charge is 2.40. The van der Waals surface area contributed by atoms with E-state index in [0.29, 0.717) is 12.5 Å². The molecule has 0 radical (unpaired) electrons. The van der Waals surface area contributed by atoms with E-state index in [1.165, 1.54) is 32.8 Å². The minimum absolute atomic E-state index is 0.277. The lowest BCUT2D eigenvalue weighted by Gasteiger charge is -2.28. The standard InChI is InChI=1S/C15H26N2O4/c1-17(9-12-8-10-3-4-11(12)7-10)15(20)16-13(14(18)19)5-6-21-2/h10-13H,3-9H2,1-2H3,(H,16,20)(H,18,19). The summed E-state index contributed by atoms with van der Waals surface area (Å²) >= 11 is 0. The number of carboxylic acid groups (broad SMARTS) is 1. The van der Waals surface area contributed by atoms with Crippen molar-refractivity contribution in [1.82, 2.24) is 10.2 Å². The Labute approximate surface area is 125 Å². The van der Waals surface area contributed by atoms with E-state index in [-0.39, 0.29) is 12.5 Å². The molecule has 0 aromatic rings. The second kappa shape index (κ2) is 7.11. The molecule has 21 heavy (non-hydrogen) atoms. The van der Waals surface area contributed by atoms with Crippen LogP contribution in [0.1, 0.15) is 32.1 Å². The maximum absolute atomic E-state index is 12.1. The van der Waals surface area contributed by atoms with Crippen LogP contribution in [0, 0.1) is 17.8 Å². The number of carbonyl (C=O) groups is 2. The molecule has 0 saturated heterocycles. The van der Waals surface area contributed by atoms with Crippen molar-refractivity contribution < 1.29 is 19.4 Å². The number of fused-ring (bicyclic) bond motifs is 2. The third-order valence-corrected chi connectivity index (χ3v) is 4.95. The fourth-order valence-electron chi connectivity index (χ4n) is 3.79. The summed E-state index contributed by atoms with van der Waals surface area (Å²) in [4.78, 5) is 24.9. The molecule has 2 aliphatic rings. The molecule has 2 N–H and O–H groups in total. The number of hydrogen-bond donors (Lipinski definition) is 2. The Morgan fingerprint density at radius 3 is 2.67 bits per heavy atom. The quantitative estimate of drug-likeness (QED) is 0.747. The maximum Gasteiger partial charge on any atom is 0.326 e. The predicted molar refractivity (Wildman–Crippen MR) is 78.0 cm³/mol. The van der Waals surface area contributed by atoms with E-state index in [0.717, 1.165) is 18.4 Å². The van der Waals surface area contributed by atoms with Crippen LogP contribution >= 0.6 is 0 Å². The van der Waals surface area contributed by atoms with E-state index in [2.05, 4.69) is 5.32 Å². The number of amides is 2. The fraction of sp³-hybridized carbons (Fsp3) is 0.867. The SMILES string of the molecule is COCCC(NC(=O)N(C)CC1CC2CCC1C2)C(=O)O. The average molecular weight is 298 g/mol. The Hall–Kier alpha value is -1.30. The Bertz CT molecular complexity index is 388.